The Balaban J connectivity index is 1.72. The number of halogens is 2. The predicted molar refractivity (Wildman–Crippen MR) is 163 cm³/mol. The van der Waals surface area contributed by atoms with Crippen LogP contribution in [0, 0.1) is 19.7 Å². The highest BCUT2D eigenvalue weighted by Gasteiger charge is 2.34. The quantitative estimate of drug-likeness (QED) is 0.297. The van der Waals surface area contributed by atoms with Crippen molar-refractivity contribution in [3.8, 4) is 0 Å². The Kier molecular flexibility index (Phi) is 10.3. The molecule has 0 bridgehead atoms. The summed E-state index contributed by atoms with van der Waals surface area (Å²) in [4.78, 5) is 28.7. The number of benzene rings is 3. The van der Waals surface area contributed by atoms with Gasteiger partial charge in [-0.25, -0.2) is 12.8 Å². The normalized spacial score (nSPS) is 14.7. The van der Waals surface area contributed by atoms with E-state index in [2.05, 4.69) is 5.32 Å². The summed E-state index contributed by atoms with van der Waals surface area (Å²) in [6, 6.07) is 16.2. The van der Waals surface area contributed by atoms with Gasteiger partial charge in [0.05, 0.1) is 10.6 Å². The van der Waals surface area contributed by atoms with E-state index in [1.165, 1.54) is 23.1 Å². The van der Waals surface area contributed by atoms with Crippen LogP contribution in [0.4, 0.5) is 10.1 Å². The molecule has 1 N–H and O–H groups in total. The summed E-state index contributed by atoms with van der Waals surface area (Å²) in [7, 11) is -4.24. The van der Waals surface area contributed by atoms with E-state index in [-0.39, 0.29) is 34.6 Å². The second kappa shape index (κ2) is 13.7. The number of hydrogen-bond donors (Lipinski definition) is 1. The molecular formula is C32H37ClFN3O4S. The van der Waals surface area contributed by atoms with Gasteiger partial charge in [-0.2, -0.15) is 0 Å². The number of anilines is 1. The number of amides is 2. The molecule has 10 heteroatoms. The van der Waals surface area contributed by atoms with Gasteiger partial charge in [0.2, 0.25) is 11.8 Å². The molecule has 3 aromatic carbocycles. The first-order chi connectivity index (χ1) is 20.0. The average Bonchev–Trinajstić information content (AvgIpc) is 2.97. The molecule has 1 atom stereocenters. The van der Waals surface area contributed by atoms with E-state index in [0.717, 1.165) is 42.0 Å². The Morgan fingerprint density at radius 3 is 2.31 bits per heavy atom. The molecule has 0 aromatic heterocycles. The Bertz CT molecular complexity index is 1520. The van der Waals surface area contributed by atoms with E-state index in [0.29, 0.717) is 10.6 Å². The maximum atomic E-state index is 14.8. The van der Waals surface area contributed by atoms with E-state index in [1.807, 2.05) is 6.92 Å². The minimum atomic E-state index is -4.24. The Morgan fingerprint density at radius 1 is 0.976 bits per heavy atom. The zero-order valence-electron chi connectivity index (χ0n) is 24.1. The Hall–Kier alpha value is -3.43. The highest BCUT2D eigenvalue weighted by Crippen LogP contribution is 2.31. The van der Waals surface area contributed by atoms with Gasteiger partial charge in [0.15, 0.2) is 0 Å². The Labute approximate surface area is 252 Å². The van der Waals surface area contributed by atoms with Crippen LogP contribution in [0.3, 0.4) is 0 Å². The van der Waals surface area contributed by atoms with E-state index >= 15 is 0 Å². The molecule has 4 rings (SSSR count). The molecule has 3 aromatic rings. The van der Waals surface area contributed by atoms with Crippen molar-refractivity contribution in [3.63, 3.8) is 0 Å². The number of aryl methyl sites for hydroxylation is 1. The summed E-state index contributed by atoms with van der Waals surface area (Å²) in [5.41, 5.74) is 1.81. The number of nitrogens with zero attached hydrogens (tertiary/aromatic N) is 2. The molecule has 1 saturated carbocycles. The van der Waals surface area contributed by atoms with Gasteiger partial charge in [-0.3, -0.25) is 13.9 Å². The predicted octanol–water partition coefficient (Wildman–Crippen LogP) is 6.16. The first-order valence-corrected chi connectivity index (χ1v) is 16.0. The van der Waals surface area contributed by atoms with Crippen molar-refractivity contribution in [2.45, 2.75) is 76.4 Å². The topological polar surface area (TPSA) is 86.8 Å². The molecule has 1 aliphatic rings. The van der Waals surface area contributed by atoms with Gasteiger partial charge in [0.25, 0.3) is 10.0 Å². The van der Waals surface area contributed by atoms with Crippen molar-refractivity contribution >= 4 is 39.1 Å². The van der Waals surface area contributed by atoms with Crippen LogP contribution in [0.25, 0.3) is 0 Å². The lowest BCUT2D eigenvalue weighted by molar-refractivity contribution is -0.139. The summed E-state index contributed by atoms with van der Waals surface area (Å²) in [5.74, 6) is -1.54. The van der Waals surface area contributed by atoms with Crippen molar-refractivity contribution in [1.82, 2.24) is 10.2 Å². The fourth-order valence-electron chi connectivity index (χ4n) is 5.18. The van der Waals surface area contributed by atoms with Gasteiger partial charge < -0.3 is 10.2 Å². The second-order valence-corrected chi connectivity index (χ2v) is 13.1. The molecule has 1 aliphatic carbocycles. The maximum absolute atomic E-state index is 14.8. The largest absolute Gasteiger partial charge is 0.352 e. The van der Waals surface area contributed by atoms with Crippen molar-refractivity contribution < 1.29 is 22.4 Å². The monoisotopic (exact) mass is 613 g/mol. The molecule has 7 nitrogen and oxygen atoms in total. The summed E-state index contributed by atoms with van der Waals surface area (Å²) >= 11 is 6.37. The maximum Gasteiger partial charge on any atom is 0.264 e. The number of hydrogen-bond acceptors (Lipinski definition) is 4. The standard InChI is InChI=1S/C32H37ClFN3O4S/c1-22-16-18-27(19-17-22)42(40,41)37(30-15-9-13-28(33)23(30)2)21-31(38)36(20-25-10-7-8-14-29(25)34)24(3)32(39)35-26-11-5-4-6-12-26/h7-10,13-19,24,26H,4-6,11-12,20-21H2,1-3H3,(H,35,39). The zero-order valence-corrected chi connectivity index (χ0v) is 25.7. The lowest BCUT2D eigenvalue weighted by Gasteiger charge is -2.33. The summed E-state index contributed by atoms with van der Waals surface area (Å²) in [5, 5.41) is 3.38. The molecular weight excluding hydrogens is 577 g/mol. The second-order valence-electron chi connectivity index (χ2n) is 10.8. The molecule has 0 saturated heterocycles. The van der Waals surface area contributed by atoms with Crippen LogP contribution in [0.15, 0.2) is 71.6 Å². The highest BCUT2D eigenvalue weighted by atomic mass is 35.5. The van der Waals surface area contributed by atoms with Crippen LogP contribution in [0.5, 0.6) is 0 Å². The average molecular weight is 614 g/mol. The SMILES string of the molecule is Cc1ccc(S(=O)(=O)N(CC(=O)N(Cc2ccccc2F)C(C)C(=O)NC2CCCCC2)c2cccc(Cl)c2C)cc1. The molecule has 42 heavy (non-hydrogen) atoms. The molecule has 0 spiro atoms. The fourth-order valence-corrected chi connectivity index (χ4v) is 6.82. The summed E-state index contributed by atoms with van der Waals surface area (Å²) in [6.45, 7) is 4.28. The van der Waals surface area contributed by atoms with Gasteiger partial charge in [0.1, 0.15) is 18.4 Å². The van der Waals surface area contributed by atoms with Crippen LogP contribution >= 0.6 is 11.6 Å². The van der Waals surface area contributed by atoms with Gasteiger partial charge >= 0.3 is 0 Å². The molecule has 1 unspecified atom stereocenters. The van der Waals surface area contributed by atoms with Gasteiger partial charge in [0, 0.05) is 23.2 Å². The van der Waals surface area contributed by atoms with E-state index < -0.39 is 34.3 Å². The number of carbonyl (C=O) groups is 2. The molecule has 0 radical (unpaired) electrons. The van der Waals surface area contributed by atoms with Gasteiger partial charge in [-0.1, -0.05) is 72.8 Å². The first-order valence-electron chi connectivity index (χ1n) is 14.2. The van der Waals surface area contributed by atoms with Crippen molar-refractivity contribution in [3.05, 3.63) is 94.3 Å². The minimum Gasteiger partial charge on any atom is -0.352 e. The van der Waals surface area contributed by atoms with Crippen LogP contribution in [-0.2, 0) is 26.2 Å². The third-order valence-electron chi connectivity index (χ3n) is 7.81. The molecule has 224 valence electrons. The number of nitrogens with one attached hydrogen (secondary N) is 1. The lowest BCUT2D eigenvalue weighted by Crippen LogP contribution is -2.53. The Morgan fingerprint density at radius 2 is 1.64 bits per heavy atom. The third-order valence-corrected chi connectivity index (χ3v) is 10.00. The molecule has 1 fully saturated rings. The van der Waals surface area contributed by atoms with Crippen molar-refractivity contribution in [2.24, 2.45) is 0 Å². The van der Waals surface area contributed by atoms with E-state index in [4.69, 9.17) is 11.6 Å². The van der Waals surface area contributed by atoms with Crippen LogP contribution in [-0.4, -0.2) is 43.8 Å². The first kappa shape index (κ1) is 31.5. The fraction of sp³-hybridized carbons (Fsp3) is 0.375. The smallest absolute Gasteiger partial charge is 0.264 e. The number of rotatable bonds is 10. The minimum absolute atomic E-state index is 0.00372. The van der Waals surface area contributed by atoms with E-state index in [9.17, 15) is 22.4 Å². The molecule has 0 aliphatic heterocycles. The number of carbonyl (C=O) groups excluding carboxylic acids is 2. The molecule has 0 heterocycles. The van der Waals surface area contributed by atoms with Crippen molar-refractivity contribution in [1.29, 1.82) is 0 Å². The van der Waals surface area contributed by atoms with Crippen LogP contribution < -0.4 is 9.62 Å². The third kappa shape index (κ3) is 7.31. The van der Waals surface area contributed by atoms with E-state index in [1.54, 1.807) is 62.4 Å². The lowest BCUT2D eigenvalue weighted by atomic mass is 9.95. The van der Waals surface area contributed by atoms with Gasteiger partial charge in [-0.15, -0.1) is 0 Å². The number of sulfonamides is 1. The van der Waals surface area contributed by atoms with Crippen LogP contribution in [0.1, 0.15) is 55.7 Å². The summed E-state index contributed by atoms with van der Waals surface area (Å²) < 4.78 is 43.8. The highest BCUT2D eigenvalue weighted by molar-refractivity contribution is 7.92. The molecule has 2 amide bonds. The van der Waals surface area contributed by atoms with Crippen LogP contribution in [0.2, 0.25) is 5.02 Å². The van der Waals surface area contributed by atoms with Crippen molar-refractivity contribution in [2.75, 3.05) is 10.8 Å². The summed E-state index contributed by atoms with van der Waals surface area (Å²) in [6.07, 6.45) is 4.87. The van der Waals surface area contributed by atoms with Gasteiger partial charge in [-0.05, 0) is 69.5 Å². The zero-order chi connectivity index (χ0) is 30.4.